The second-order valence-corrected chi connectivity index (χ2v) is 5.21. The normalized spacial score (nSPS) is 10.8. The summed E-state index contributed by atoms with van der Waals surface area (Å²) >= 11 is 0. The number of pyridine rings is 1. The number of nitrogens with one attached hydrogen (secondary N) is 1. The molecule has 0 aliphatic rings. The van der Waals surface area contributed by atoms with Crippen molar-refractivity contribution in [1.82, 2.24) is 14.7 Å². The average molecular weight is 279 g/mol. The molecule has 3 aromatic rings. The van der Waals surface area contributed by atoms with Crippen LogP contribution >= 0.6 is 0 Å². The Morgan fingerprint density at radius 3 is 2.76 bits per heavy atom. The van der Waals surface area contributed by atoms with Crippen LogP contribution in [0.15, 0.2) is 48.8 Å². The quantitative estimate of drug-likeness (QED) is 0.801. The molecule has 106 valence electrons. The van der Waals surface area contributed by atoms with Crippen molar-refractivity contribution in [2.75, 3.05) is 0 Å². The predicted octanol–water partition coefficient (Wildman–Crippen LogP) is 2.88. The first-order chi connectivity index (χ1) is 10.1. The lowest BCUT2D eigenvalue weighted by Crippen LogP contribution is -2.23. The Bertz CT molecular complexity index is 805. The van der Waals surface area contributed by atoms with Gasteiger partial charge < -0.3 is 9.72 Å². The molecular weight excluding hydrogens is 262 g/mol. The Kier molecular flexibility index (Phi) is 3.44. The lowest BCUT2D eigenvalue weighted by atomic mass is 10.1. The molecule has 2 aromatic heterocycles. The van der Waals surface area contributed by atoms with E-state index >= 15 is 0 Å². The highest BCUT2D eigenvalue weighted by molar-refractivity contribution is 5.92. The summed E-state index contributed by atoms with van der Waals surface area (Å²) in [5.74, 6) is -0.153. The fourth-order valence-corrected chi connectivity index (χ4v) is 2.29. The van der Waals surface area contributed by atoms with Crippen molar-refractivity contribution < 1.29 is 4.79 Å². The number of carbonyl (C=O) groups is 1. The van der Waals surface area contributed by atoms with Gasteiger partial charge in [-0.2, -0.15) is 0 Å². The number of imidazole rings is 1. The molecule has 0 saturated heterocycles. The number of fused-ring (bicyclic) bond motifs is 1. The summed E-state index contributed by atoms with van der Waals surface area (Å²) in [5, 5.41) is 2.92. The monoisotopic (exact) mass is 279 g/mol. The van der Waals surface area contributed by atoms with Gasteiger partial charge in [0.1, 0.15) is 11.3 Å². The zero-order chi connectivity index (χ0) is 14.8. The first kappa shape index (κ1) is 13.4. The van der Waals surface area contributed by atoms with Crippen LogP contribution in [0.1, 0.15) is 27.2 Å². The van der Waals surface area contributed by atoms with Crippen molar-refractivity contribution in [3.8, 4) is 0 Å². The van der Waals surface area contributed by atoms with E-state index in [0.29, 0.717) is 12.2 Å². The van der Waals surface area contributed by atoms with Gasteiger partial charge >= 0.3 is 0 Å². The molecule has 4 nitrogen and oxygen atoms in total. The number of aryl methyl sites for hydroxylation is 2. The third kappa shape index (κ3) is 2.79. The minimum atomic E-state index is -0.153. The number of benzene rings is 1. The van der Waals surface area contributed by atoms with Gasteiger partial charge in [0.25, 0.3) is 5.91 Å². The van der Waals surface area contributed by atoms with E-state index < -0.39 is 0 Å². The summed E-state index contributed by atoms with van der Waals surface area (Å²) in [6.07, 6.45) is 3.72. The van der Waals surface area contributed by atoms with Crippen molar-refractivity contribution in [2.45, 2.75) is 20.4 Å². The summed E-state index contributed by atoms with van der Waals surface area (Å²) in [4.78, 5) is 16.5. The van der Waals surface area contributed by atoms with E-state index in [4.69, 9.17) is 0 Å². The van der Waals surface area contributed by atoms with Crippen molar-refractivity contribution in [1.29, 1.82) is 0 Å². The Labute approximate surface area is 123 Å². The molecule has 1 amide bonds. The van der Waals surface area contributed by atoms with E-state index in [1.54, 1.807) is 6.20 Å². The van der Waals surface area contributed by atoms with Crippen molar-refractivity contribution in [3.05, 3.63) is 71.2 Å². The molecule has 0 spiro atoms. The van der Waals surface area contributed by atoms with Crippen LogP contribution in [-0.4, -0.2) is 15.3 Å². The number of amides is 1. The van der Waals surface area contributed by atoms with E-state index in [2.05, 4.69) is 10.3 Å². The minimum Gasteiger partial charge on any atom is -0.347 e. The maximum Gasteiger partial charge on any atom is 0.271 e. The SMILES string of the molecule is Cc1ccc2nc(C(=O)NCc3ccccc3C)cn2c1. The van der Waals surface area contributed by atoms with Crippen LogP contribution in [-0.2, 0) is 6.54 Å². The molecule has 1 aromatic carbocycles. The summed E-state index contributed by atoms with van der Waals surface area (Å²) in [7, 11) is 0. The van der Waals surface area contributed by atoms with E-state index in [-0.39, 0.29) is 5.91 Å². The maximum absolute atomic E-state index is 12.2. The smallest absolute Gasteiger partial charge is 0.271 e. The average Bonchev–Trinajstić information content (AvgIpc) is 2.89. The summed E-state index contributed by atoms with van der Waals surface area (Å²) in [5.41, 5.74) is 4.64. The van der Waals surface area contributed by atoms with Gasteiger partial charge in [-0.1, -0.05) is 30.3 Å². The van der Waals surface area contributed by atoms with E-state index in [0.717, 1.165) is 16.8 Å². The number of hydrogen-bond donors (Lipinski definition) is 1. The second-order valence-electron chi connectivity index (χ2n) is 5.21. The van der Waals surface area contributed by atoms with Crippen LogP contribution < -0.4 is 5.32 Å². The highest BCUT2D eigenvalue weighted by atomic mass is 16.1. The van der Waals surface area contributed by atoms with Gasteiger partial charge in [-0.25, -0.2) is 4.98 Å². The van der Waals surface area contributed by atoms with Crippen LogP contribution in [0.2, 0.25) is 0 Å². The number of aromatic nitrogens is 2. The number of nitrogens with zero attached hydrogens (tertiary/aromatic N) is 2. The molecule has 0 atom stereocenters. The van der Waals surface area contributed by atoms with E-state index in [1.807, 2.05) is 60.8 Å². The molecule has 2 heterocycles. The first-order valence-corrected chi connectivity index (χ1v) is 6.91. The molecule has 0 radical (unpaired) electrons. The Morgan fingerprint density at radius 2 is 1.95 bits per heavy atom. The molecule has 3 rings (SSSR count). The molecule has 0 aliphatic carbocycles. The van der Waals surface area contributed by atoms with Gasteiger partial charge in [-0.15, -0.1) is 0 Å². The van der Waals surface area contributed by atoms with Crippen molar-refractivity contribution in [2.24, 2.45) is 0 Å². The predicted molar refractivity (Wildman–Crippen MR) is 82.3 cm³/mol. The lowest BCUT2D eigenvalue weighted by molar-refractivity contribution is 0.0946. The second kappa shape index (κ2) is 5.40. The zero-order valence-corrected chi connectivity index (χ0v) is 12.1. The molecule has 0 unspecified atom stereocenters. The summed E-state index contributed by atoms with van der Waals surface area (Å²) in [6, 6.07) is 11.9. The number of rotatable bonds is 3. The van der Waals surface area contributed by atoms with E-state index in [1.165, 1.54) is 5.56 Å². The molecule has 4 heteroatoms. The van der Waals surface area contributed by atoms with Gasteiger partial charge in [0.2, 0.25) is 0 Å². The first-order valence-electron chi connectivity index (χ1n) is 6.91. The summed E-state index contributed by atoms with van der Waals surface area (Å²) < 4.78 is 1.87. The third-order valence-corrected chi connectivity index (χ3v) is 3.53. The van der Waals surface area contributed by atoms with Crippen molar-refractivity contribution in [3.63, 3.8) is 0 Å². The Morgan fingerprint density at radius 1 is 1.14 bits per heavy atom. The van der Waals surface area contributed by atoms with Crippen LogP contribution in [0.5, 0.6) is 0 Å². The molecule has 0 fully saturated rings. The number of carbonyl (C=O) groups excluding carboxylic acids is 1. The maximum atomic E-state index is 12.2. The van der Waals surface area contributed by atoms with Crippen molar-refractivity contribution >= 4 is 11.6 Å². The fraction of sp³-hybridized carbons (Fsp3) is 0.176. The zero-order valence-electron chi connectivity index (χ0n) is 12.1. The highest BCUT2D eigenvalue weighted by Gasteiger charge is 2.10. The fourth-order valence-electron chi connectivity index (χ4n) is 2.29. The summed E-state index contributed by atoms with van der Waals surface area (Å²) in [6.45, 7) is 4.56. The van der Waals surface area contributed by atoms with Gasteiger partial charge in [0.05, 0.1) is 0 Å². The third-order valence-electron chi connectivity index (χ3n) is 3.53. The van der Waals surface area contributed by atoms with Crippen LogP contribution in [0.3, 0.4) is 0 Å². The lowest BCUT2D eigenvalue weighted by Gasteiger charge is -2.06. The molecular formula is C17H17N3O. The Balaban J connectivity index is 1.76. The number of hydrogen-bond acceptors (Lipinski definition) is 2. The molecule has 0 saturated carbocycles. The van der Waals surface area contributed by atoms with Gasteiger partial charge in [-0.3, -0.25) is 4.79 Å². The molecule has 1 N–H and O–H groups in total. The van der Waals surface area contributed by atoms with E-state index in [9.17, 15) is 4.79 Å². The topological polar surface area (TPSA) is 46.4 Å². The molecule has 21 heavy (non-hydrogen) atoms. The van der Waals surface area contributed by atoms with Crippen LogP contribution in [0.25, 0.3) is 5.65 Å². The Hall–Kier alpha value is -2.62. The van der Waals surface area contributed by atoms with Gasteiger partial charge in [-0.05, 0) is 36.6 Å². The highest BCUT2D eigenvalue weighted by Crippen LogP contribution is 2.09. The van der Waals surface area contributed by atoms with Crippen LogP contribution in [0, 0.1) is 13.8 Å². The van der Waals surface area contributed by atoms with Gasteiger partial charge in [0.15, 0.2) is 0 Å². The molecule has 0 bridgehead atoms. The van der Waals surface area contributed by atoms with Gasteiger partial charge in [0, 0.05) is 18.9 Å². The largest absolute Gasteiger partial charge is 0.347 e. The minimum absolute atomic E-state index is 0.153. The standard InChI is InChI=1S/C17H17N3O/c1-12-7-8-16-19-15(11-20(16)10-12)17(21)18-9-14-6-4-3-5-13(14)2/h3-8,10-11H,9H2,1-2H3,(H,18,21). The molecule has 0 aliphatic heterocycles. The van der Waals surface area contributed by atoms with Crippen LogP contribution in [0.4, 0.5) is 0 Å².